The first kappa shape index (κ1) is 20.0. The fourth-order valence-corrected chi connectivity index (χ4v) is 4.50. The number of thiophene rings is 1. The van der Waals surface area contributed by atoms with E-state index < -0.39 is 0 Å². The van der Waals surface area contributed by atoms with Crippen molar-refractivity contribution in [2.45, 2.75) is 13.5 Å². The minimum atomic E-state index is -0.198. The maximum atomic E-state index is 13.2. The number of anilines is 1. The molecule has 0 saturated carbocycles. The number of para-hydroxylation sites is 3. The Hall–Kier alpha value is -3.90. The highest BCUT2D eigenvalue weighted by atomic mass is 32.1. The van der Waals surface area contributed by atoms with Gasteiger partial charge in [-0.1, -0.05) is 54.6 Å². The predicted octanol–water partition coefficient (Wildman–Crippen LogP) is 6.23. The van der Waals surface area contributed by atoms with Gasteiger partial charge >= 0.3 is 0 Å². The van der Waals surface area contributed by atoms with Crippen LogP contribution in [0.1, 0.15) is 20.8 Å². The van der Waals surface area contributed by atoms with Gasteiger partial charge in [-0.25, -0.2) is 4.98 Å². The molecule has 0 fully saturated rings. The van der Waals surface area contributed by atoms with Crippen LogP contribution in [0.25, 0.3) is 16.0 Å². The Balaban J connectivity index is 1.51. The highest BCUT2D eigenvalue weighted by molar-refractivity contribution is 7.17. The Kier molecular flexibility index (Phi) is 5.44. The normalized spacial score (nSPS) is 10.9. The number of ether oxygens (including phenoxy) is 1. The summed E-state index contributed by atoms with van der Waals surface area (Å²) in [6.07, 6.45) is 1.78. The van der Waals surface area contributed by atoms with Gasteiger partial charge in [-0.05, 0) is 42.3 Å². The largest absolute Gasteiger partial charge is 0.487 e. The van der Waals surface area contributed by atoms with Crippen LogP contribution in [0.15, 0.2) is 91.3 Å². The molecule has 1 N–H and O–H groups in total. The number of amides is 1. The van der Waals surface area contributed by atoms with Crippen LogP contribution in [0.4, 0.5) is 5.69 Å². The molecular weight excluding hydrogens is 418 g/mol. The summed E-state index contributed by atoms with van der Waals surface area (Å²) < 4.78 is 8.16. The van der Waals surface area contributed by atoms with Crippen molar-refractivity contribution >= 4 is 34.0 Å². The van der Waals surface area contributed by atoms with Crippen molar-refractivity contribution in [3.05, 3.63) is 107 Å². The lowest BCUT2D eigenvalue weighted by atomic mass is 10.1. The minimum absolute atomic E-state index is 0.198. The zero-order chi connectivity index (χ0) is 21.9. The van der Waals surface area contributed by atoms with Gasteiger partial charge in [0.15, 0.2) is 0 Å². The van der Waals surface area contributed by atoms with Crippen LogP contribution in [0.5, 0.6) is 5.75 Å². The molecule has 0 saturated heterocycles. The summed E-state index contributed by atoms with van der Waals surface area (Å²) in [6, 6.07) is 27.4. The molecule has 0 spiro atoms. The monoisotopic (exact) mass is 439 g/mol. The third-order valence-electron chi connectivity index (χ3n) is 5.26. The predicted molar refractivity (Wildman–Crippen MR) is 129 cm³/mol. The van der Waals surface area contributed by atoms with Gasteiger partial charge in [-0.3, -0.25) is 9.36 Å². The van der Waals surface area contributed by atoms with Crippen LogP contribution < -0.4 is 10.1 Å². The fraction of sp³-hybridized carbons (Fsp3) is 0.0769. The van der Waals surface area contributed by atoms with E-state index >= 15 is 0 Å². The van der Waals surface area contributed by atoms with E-state index in [0.717, 1.165) is 32.8 Å². The highest BCUT2D eigenvalue weighted by Gasteiger charge is 2.20. The lowest BCUT2D eigenvalue weighted by molar-refractivity contribution is 0.102. The molecule has 0 bridgehead atoms. The molecule has 2 aromatic heterocycles. The zero-order valence-electron chi connectivity index (χ0n) is 17.5. The third-order valence-corrected chi connectivity index (χ3v) is 6.37. The topological polar surface area (TPSA) is 56.2 Å². The van der Waals surface area contributed by atoms with E-state index in [0.29, 0.717) is 17.2 Å². The number of aryl methyl sites for hydroxylation is 1. The van der Waals surface area contributed by atoms with Crippen molar-refractivity contribution in [2.24, 2.45) is 0 Å². The number of rotatable bonds is 6. The Morgan fingerprint density at radius 1 is 1.00 bits per heavy atom. The standard InChI is InChI=1S/C26H21N3O2S/c1-18-9-5-6-10-19(18)16-31-23-15-24(29-17-27-21-13-7-8-14-22(21)29)32-25(23)26(30)28-20-11-3-2-4-12-20/h2-15,17H,16H2,1H3,(H,28,30). The number of hydrogen-bond acceptors (Lipinski definition) is 4. The molecule has 6 heteroatoms. The first-order valence-corrected chi connectivity index (χ1v) is 11.1. The first-order chi connectivity index (χ1) is 15.7. The summed E-state index contributed by atoms with van der Waals surface area (Å²) in [4.78, 5) is 18.2. The van der Waals surface area contributed by atoms with E-state index in [1.165, 1.54) is 11.3 Å². The Bertz CT molecular complexity index is 1390. The van der Waals surface area contributed by atoms with Crippen LogP contribution in [-0.2, 0) is 6.61 Å². The lowest BCUT2D eigenvalue weighted by Crippen LogP contribution is -2.11. The lowest BCUT2D eigenvalue weighted by Gasteiger charge is -2.09. The second-order valence-corrected chi connectivity index (χ2v) is 8.45. The van der Waals surface area contributed by atoms with Gasteiger partial charge in [0.25, 0.3) is 5.91 Å². The molecule has 32 heavy (non-hydrogen) atoms. The molecule has 2 heterocycles. The molecule has 1 amide bonds. The van der Waals surface area contributed by atoms with E-state index in [4.69, 9.17) is 4.74 Å². The van der Waals surface area contributed by atoms with Crippen LogP contribution in [0, 0.1) is 6.92 Å². The molecule has 0 atom stereocenters. The number of imidazole rings is 1. The second-order valence-electron chi connectivity index (χ2n) is 7.42. The van der Waals surface area contributed by atoms with Crippen LogP contribution in [-0.4, -0.2) is 15.5 Å². The summed E-state index contributed by atoms with van der Waals surface area (Å²) in [6.45, 7) is 2.44. The molecule has 3 aromatic carbocycles. The maximum absolute atomic E-state index is 13.2. The molecule has 0 radical (unpaired) electrons. The molecule has 5 nitrogen and oxygen atoms in total. The van der Waals surface area contributed by atoms with Crippen LogP contribution in [0.2, 0.25) is 0 Å². The number of nitrogens with zero attached hydrogens (tertiary/aromatic N) is 2. The number of fused-ring (bicyclic) bond motifs is 1. The van der Waals surface area contributed by atoms with Crippen molar-refractivity contribution in [1.82, 2.24) is 9.55 Å². The summed E-state index contributed by atoms with van der Waals surface area (Å²) in [5.41, 5.74) is 4.86. The van der Waals surface area contributed by atoms with Gasteiger partial charge in [0.2, 0.25) is 0 Å². The summed E-state index contributed by atoms with van der Waals surface area (Å²) >= 11 is 1.38. The summed E-state index contributed by atoms with van der Waals surface area (Å²) in [5, 5.41) is 3.84. The number of carbonyl (C=O) groups excluding carboxylic acids is 1. The SMILES string of the molecule is Cc1ccccc1COc1cc(-n2cnc3ccccc32)sc1C(=O)Nc1ccccc1. The number of hydrogen-bond donors (Lipinski definition) is 1. The van der Waals surface area contributed by atoms with Gasteiger partial charge in [-0.2, -0.15) is 0 Å². The average Bonchev–Trinajstić information content (AvgIpc) is 3.43. The van der Waals surface area contributed by atoms with E-state index in [9.17, 15) is 4.79 Å². The zero-order valence-corrected chi connectivity index (χ0v) is 18.3. The van der Waals surface area contributed by atoms with E-state index in [2.05, 4.69) is 23.3 Å². The number of aromatic nitrogens is 2. The van der Waals surface area contributed by atoms with Crippen LogP contribution in [0.3, 0.4) is 0 Å². The summed E-state index contributed by atoms with van der Waals surface area (Å²) in [5.74, 6) is 0.358. The van der Waals surface area contributed by atoms with Crippen molar-refractivity contribution in [1.29, 1.82) is 0 Å². The van der Waals surface area contributed by atoms with E-state index in [1.54, 1.807) is 6.33 Å². The van der Waals surface area contributed by atoms with Crippen molar-refractivity contribution in [3.8, 4) is 10.8 Å². The molecule has 0 unspecified atom stereocenters. The highest BCUT2D eigenvalue weighted by Crippen LogP contribution is 2.35. The summed E-state index contributed by atoms with van der Waals surface area (Å²) in [7, 11) is 0. The van der Waals surface area contributed by atoms with Gasteiger partial charge < -0.3 is 10.1 Å². The fourth-order valence-electron chi connectivity index (χ4n) is 3.52. The number of carbonyl (C=O) groups is 1. The van der Waals surface area contributed by atoms with E-state index in [-0.39, 0.29) is 5.91 Å². The van der Waals surface area contributed by atoms with Crippen molar-refractivity contribution in [2.75, 3.05) is 5.32 Å². The third kappa shape index (κ3) is 4.00. The molecular formula is C26H21N3O2S. The average molecular weight is 440 g/mol. The molecule has 0 aliphatic rings. The Morgan fingerprint density at radius 3 is 2.59 bits per heavy atom. The number of nitrogens with one attached hydrogen (secondary N) is 1. The van der Waals surface area contributed by atoms with Crippen molar-refractivity contribution < 1.29 is 9.53 Å². The van der Waals surface area contributed by atoms with Gasteiger partial charge in [0, 0.05) is 11.8 Å². The Labute approximate surface area is 189 Å². The van der Waals surface area contributed by atoms with Gasteiger partial charge in [0.05, 0.1) is 11.0 Å². The number of benzene rings is 3. The molecule has 5 aromatic rings. The minimum Gasteiger partial charge on any atom is -0.487 e. The second kappa shape index (κ2) is 8.69. The molecule has 0 aliphatic heterocycles. The molecule has 158 valence electrons. The van der Waals surface area contributed by atoms with E-state index in [1.807, 2.05) is 83.4 Å². The quantitative estimate of drug-likeness (QED) is 0.341. The maximum Gasteiger partial charge on any atom is 0.269 e. The van der Waals surface area contributed by atoms with Crippen molar-refractivity contribution in [3.63, 3.8) is 0 Å². The smallest absolute Gasteiger partial charge is 0.269 e. The molecule has 5 rings (SSSR count). The first-order valence-electron chi connectivity index (χ1n) is 10.3. The van der Waals surface area contributed by atoms with Gasteiger partial charge in [-0.15, -0.1) is 11.3 Å². The molecule has 0 aliphatic carbocycles. The Morgan fingerprint density at radius 2 is 1.75 bits per heavy atom. The van der Waals surface area contributed by atoms with Crippen LogP contribution >= 0.6 is 11.3 Å². The van der Waals surface area contributed by atoms with Gasteiger partial charge in [0.1, 0.15) is 28.6 Å².